The second-order valence-corrected chi connectivity index (χ2v) is 8.68. The van der Waals surface area contributed by atoms with Crippen LogP contribution in [0.15, 0.2) is 58.3 Å². The SMILES string of the molecule is CN(C)S(=O)(=O)c1ccc(NC(=O)CCSc2ccccc2F)cc1. The molecule has 0 saturated heterocycles. The minimum absolute atomic E-state index is 0.158. The summed E-state index contributed by atoms with van der Waals surface area (Å²) in [5.74, 6) is -0.0718. The van der Waals surface area contributed by atoms with Crippen molar-refractivity contribution in [2.45, 2.75) is 16.2 Å². The molecule has 134 valence electrons. The fraction of sp³-hybridized carbons (Fsp3) is 0.235. The molecule has 0 aliphatic rings. The molecule has 0 atom stereocenters. The van der Waals surface area contributed by atoms with Gasteiger partial charge < -0.3 is 5.32 Å². The highest BCUT2D eigenvalue weighted by molar-refractivity contribution is 7.99. The molecule has 0 bridgehead atoms. The Morgan fingerprint density at radius 3 is 2.36 bits per heavy atom. The van der Waals surface area contributed by atoms with Gasteiger partial charge in [-0.15, -0.1) is 11.8 Å². The first kappa shape index (κ1) is 19.4. The number of hydrogen-bond donors (Lipinski definition) is 1. The third-order valence-electron chi connectivity index (χ3n) is 3.34. The Morgan fingerprint density at radius 1 is 1.12 bits per heavy atom. The van der Waals surface area contributed by atoms with Crippen LogP contribution in [-0.2, 0) is 14.8 Å². The number of benzene rings is 2. The molecule has 0 radical (unpaired) electrons. The fourth-order valence-corrected chi connectivity index (χ4v) is 3.75. The van der Waals surface area contributed by atoms with Crippen molar-refractivity contribution in [1.82, 2.24) is 4.31 Å². The molecule has 0 heterocycles. The first-order valence-electron chi connectivity index (χ1n) is 7.50. The summed E-state index contributed by atoms with van der Waals surface area (Å²) >= 11 is 1.27. The Kier molecular flexibility index (Phi) is 6.57. The van der Waals surface area contributed by atoms with Crippen molar-refractivity contribution in [3.8, 4) is 0 Å². The highest BCUT2D eigenvalue weighted by Gasteiger charge is 2.16. The summed E-state index contributed by atoms with van der Waals surface area (Å²) in [6.45, 7) is 0. The monoisotopic (exact) mass is 382 g/mol. The molecule has 2 aromatic rings. The number of rotatable bonds is 7. The van der Waals surface area contributed by atoms with Gasteiger partial charge in [0.05, 0.1) is 4.90 Å². The van der Waals surface area contributed by atoms with Crippen molar-refractivity contribution >= 4 is 33.4 Å². The van der Waals surface area contributed by atoms with Gasteiger partial charge in [-0.2, -0.15) is 0 Å². The average molecular weight is 382 g/mol. The highest BCUT2D eigenvalue weighted by Crippen LogP contribution is 2.22. The van der Waals surface area contributed by atoms with Gasteiger partial charge in [0.1, 0.15) is 5.82 Å². The Hall–Kier alpha value is -1.90. The molecule has 1 amide bonds. The number of anilines is 1. The molecule has 0 spiro atoms. The van der Waals surface area contributed by atoms with Crippen LogP contribution < -0.4 is 5.32 Å². The lowest BCUT2D eigenvalue weighted by Gasteiger charge is -2.12. The number of nitrogens with one attached hydrogen (secondary N) is 1. The Morgan fingerprint density at radius 2 is 1.76 bits per heavy atom. The summed E-state index contributed by atoms with van der Waals surface area (Å²) in [6.07, 6.45) is 0.219. The second-order valence-electron chi connectivity index (χ2n) is 5.39. The van der Waals surface area contributed by atoms with E-state index in [9.17, 15) is 17.6 Å². The third-order valence-corrected chi connectivity index (χ3v) is 6.22. The Bertz CT molecular complexity index is 837. The molecule has 2 aromatic carbocycles. The van der Waals surface area contributed by atoms with Gasteiger partial charge >= 0.3 is 0 Å². The summed E-state index contributed by atoms with van der Waals surface area (Å²) in [5.41, 5.74) is 0.513. The van der Waals surface area contributed by atoms with Crippen LogP contribution in [0.25, 0.3) is 0 Å². The molecular formula is C17H19FN2O3S2. The second kappa shape index (κ2) is 8.46. The average Bonchev–Trinajstić information content (AvgIpc) is 2.57. The lowest BCUT2D eigenvalue weighted by molar-refractivity contribution is -0.115. The van der Waals surface area contributed by atoms with Crippen LogP contribution in [0, 0.1) is 5.82 Å². The molecule has 0 saturated carbocycles. The molecule has 0 unspecified atom stereocenters. The predicted octanol–water partition coefficient (Wildman–Crippen LogP) is 3.20. The van der Waals surface area contributed by atoms with Crippen LogP contribution in [0.5, 0.6) is 0 Å². The van der Waals surface area contributed by atoms with Crippen LogP contribution in [-0.4, -0.2) is 38.5 Å². The molecule has 0 aliphatic heterocycles. The van der Waals surface area contributed by atoms with Gasteiger partial charge in [0.2, 0.25) is 15.9 Å². The van der Waals surface area contributed by atoms with Crippen molar-refractivity contribution in [2.24, 2.45) is 0 Å². The van der Waals surface area contributed by atoms with Crippen molar-refractivity contribution in [1.29, 1.82) is 0 Å². The van der Waals surface area contributed by atoms with E-state index in [1.807, 2.05) is 0 Å². The number of carbonyl (C=O) groups excluding carboxylic acids is 1. The molecule has 0 aliphatic carbocycles. The standard InChI is InChI=1S/C17H19FN2O3S2/c1-20(2)25(22,23)14-9-7-13(8-10-14)19-17(21)11-12-24-16-6-4-3-5-15(16)18/h3-10H,11-12H2,1-2H3,(H,19,21). The van der Waals surface area contributed by atoms with Gasteiger partial charge in [0, 0.05) is 36.9 Å². The van der Waals surface area contributed by atoms with E-state index < -0.39 is 10.0 Å². The van der Waals surface area contributed by atoms with Crippen molar-refractivity contribution in [3.63, 3.8) is 0 Å². The van der Waals surface area contributed by atoms with E-state index in [4.69, 9.17) is 0 Å². The van der Waals surface area contributed by atoms with Crippen molar-refractivity contribution in [3.05, 3.63) is 54.3 Å². The molecular weight excluding hydrogens is 363 g/mol. The van der Waals surface area contributed by atoms with E-state index in [1.165, 1.54) is 56.2 Å². The zero-order valence-electron chi connectivity index (χ0n) is 13.9. The summed E-state index contributed by atoms with van der Waals surface area (Å²) in [6, 6.07) is 12.4. The van der Waals surface area contributed by atoms with E-state index in [-0.39, 0.29) is 23.0 Å². The summed E-state index contributed by atoms with van der Waals surface area (Å²) in [5, 5.41) is 2.70. The summed E-state index contributed by atoms with van der Waals surface area (Å²) in [7, 11) is -0.576. The van der Waals surface area contributed by atoms with Crippen molar-refractivity contribution in [2.75, 3.05) is 25.2 Å². The van der Waals surface area contributed by atoms with Gasteiger partial charge in [-0.3, -0.25) is 4.79 Å². The maximum absolute atomic E-state index is 13.5. The number of halogens is 1. The lowest BCUT2D eigenvalue weighted by atomic mass is 10.3. The minimum atomic E-state index is -3.49. The summed E-state index contributed by atoms with van der Waals surface area (Å²) < 4.78 is 38.6. The highest BCUT2D eigenvalue weighted by atomic mass is 32.2. The van der Waals surface area contributed by atoms with Gasteiger partial charge in [-0.25, -0.2) is 17.1 Å². The van der Waals surface area contributed by atoms with Gasteiger partial charge in [0.15, 0.2) is 0 Å². The minimum Gasteiger partial charge on any atom is -0.326 e. The number of amides is 1. The number of carbonyl (C=O) groups is 1. The maximum atomic E-state index is 13.5. The van der Waals surface area contributed by atoms with E-state index >= 15 is 0 Å². The zero-order chi connectivity index (χ0) is 18.4. The van der Waals surface area contributed by atoms with E-state index in [1.54, 1.807) is 18.2 Å². The molecule has 0 aromatic heterocycles. The topological polar surface area (TPSA) is 66.5 Å². The van der Waals surface area contributed by atoms with E-state index in [2.05, 4.69) is 5.32 Å². The Labute approximate surface area is 151 Å². The van der Waals surface area contributed by atoms with E-state index in [0.29, 0.717) is 16.3 Å². The third kappa shape index (κ3) is 5.29. The maximum Gasteiger partial charge on any atom is 0.242 e. The van der Waals surface area contributed by atoms with E-state index in [0.717, 1.165) is 4.31 Å². The zero-order valence-corrected chi connectivity index (χ0v) is 15.5. The molecule has 0 fully saturated rings. The number of hydrogen-bond acceptors (Lipinski definition) is 4. The van der Waals surface area contributed by atoms with Crippen LogP contribution in [0.2, 0.25) is 0 Å². The predicted molar refractivity (Wildman–Crippen MR) is 97.7 cm³/mol. The Balaban J connectivity index is 1.88. The van der Waals surface area contributed by atoms with Crippen LogP contribution in [0.1, 0.15) is 6.42 Å². The molecule has 25 heavy (non-hydrogen) atoms. The lowest BCUT2D eigenvalue weighted by Crippen LogP contribution is -2.22. The molecule has 5 nitrogen and oxygen atoms in total. The number of sulfonamides is 1. The smallest absolute Gasteiger partial charge is 0.242 e. The van der Waals surface area contributed by atoms with Crippen molar-refractivity contribution < 1.29 is 17.6 Å². The van der Waals surface area contributed by atoms with Gasteiger partial charge in [-0.1, -0.05) is 12.1 Å². The van der Waals surface area contributed by atoms with Crippen LogP contribution >= 0.6 is 11.8 Å². The molecule has 2 rings (SSSR count). The largest absolute Gasteiger partial charge is 0.326 e. The van der Waals surface area contributed by atoms with Crippen LogP contribution in [0.4, 0.5) is 10.1 Å². The number of thioether (sulfide) groups is 1. The van der Waals surface area contributed by atoms with Crippen LogP contribution in [0.3, 0.4) is 0 Å². The normalized spacial score (nSPS) is 11.5. The fourth-order valence-electron chi connectivity index (χ4n) is 1.96. The number of nitrogens with zero attached hydrogens (tertiary/aromatic N) is 1. The first-order chi connectivity index (χ1) is 11.8. The quantitative estimate of drug-likeness (QED) is 0.747. The molecule has 1 N–H and O–H groups in total. The molecule has 8 heteroatoms. The van der Waals surface area contributed by atoms with Gasteiger partial charge in [-0.05, 0) is 36.4 Å². The summed E-state index contributed by atoms with van der Waals surface area (Å²) in [4.78, 5) is 12.6. The van der Waals surface area contributed by atoms with Gasteiger partial charge in [0.25, 0.3) is 0 Å². The first-order valence-corrected chi connectivity index (χ1v) is 9.93.